The molecule has 0 spiro atoms. The Hall–Kier alpha value is -1.10. The van der Waals surface area contributed by atoms with Gasteiger partial charge in [-0.15, -0.1) is 0 Å². The molecule has 2 atom stereocenters. The van der Waals surface area contributed by atoms with E-state index in [9.17, 15) is 5.11 Å². The highest BCUT2D eigenvalue weighted by atomic mass is 16.5. The van der Waals surface area contributed by atoms with Crippen LogP contribution in [-0.4, -0.2) is 45.1 Å². The Morgan fingerprint density at radius 1 is 1.11 bits per heavy atom. The van der Waals surface area contributed by atoms with E-state index in [2.05, 4.69) is 11.8 Å². The first kappa shape index (κ1) is 16.0. The largest absolute Gasteiger partial charge is 0.389 e. The van der Waals surface area contributed by atoms with Gasteiger partial charge in [0, 0.05) is 32.5 Å². The van der Waals surface area contributed by atoms with Gasteiger partial charge < -0.3 is 19.5 Å². The zero-order valence-corrected chi connectivity index (χ0v) is 12.3. The normalized spacial score (nSPS) is 14.2. The minimum atomic E-state index is -0.433. The van der Waals surface area contributed by atoms with Crippen LogP contribution in [0.25, 0.3) is 0 Å². The predicted octanol–water partition coefficient (Wildman–Crippen LogP) is 2.23. The van der Waals surface area contributed by atoms with Crippen molar-refractivity contribution < 1.29 is 14.6 Å². The van der Waals surface area contributed by atoms with Gasteiger partial charge in [0.1, 0.15) is 0 Å². The Morgan fingerprint density at radius 2 is 1.74 bits per heavy atom. The Morgan fingerprint density at radius 3 is 2.21 bits per heavy atom. The van der Waals surface area contributed by atoms with Crippen LogP contribution in [0.4, 0.5) is 5.69 Å². The van der Waals surface area contributed by atoms with E-state index in [1.54, 1.807) is 21.1 Å². The van der Waals surface area contributed by atoms with Crippen LogP contribution in [0.15, 0.2) is 24.3 Å². The fraction of sp³-hybridized carbons (Fsp3) is 0.600. The molecule has 1 aromatic carbocycles. The molecule has 0 saturated heterocycles. The molecule has 0 saturated carbocycles. The SMILES string of the molecule is COCCN(c1ccc([C@H](C)O)cc1)C(C)COC. The molecule has 0 bridgehead atoms. The Kier molecular flexibility index (Phi) is 6.84. The average molecular weight is 267 g/mol. The van der Waals surface area contributed by atoms with E-state index in [1.807, 2.05) is 24.3 Å². The molecule has 0 aliphatic heterocycles. The molecule has 4 heteroatoms. The standard InChI is InChI=1S/C15H25NO3/c1-12(11-19-4)16(9-10-18-3)15-7-5-14(6-8-15)13(2)17/h5-8,12-13,17H,9-11H2,1-4H3/t12?,13-/m0/s1. The van der Waals surface area contributed by atoms with Crippen LogP contribution < -0.4 is 4.90 Å². The number of ether oxygens (including phenoxy) is 2. The molecule has 0 radical (unpaired) electrons. The van der Waals surface area contributed by atoms with Gasteiger partial charge in [-0.2, -0.15) is 0 Å². The molecule has 0 aromatic heterocycles. The van der Waals surface area contributed by atoms with E-state index < -0.39 is 6.10 Å². The molecular weight excluding hydrogens is 242 g/mol. The van der Waals surface area contributed by atoms with Crippen LogP contribution in [-0.2, 0) is 9.47 Å². The average Bonchev–Trinajstić information content (AvgIpc) is 2.40. The summed E-state index contributed by atoms with van der Waals surface area (Å²) >= 11 is 0. The maximum atomic E-state index is 9.53. The van der Waals surface area contributed by atoms with Crippen molar-refractivity contribution in [3.05, 3.63) is 29.8 Å². The number of anilines is 1. The second-order valence-corrected chi connectivity index (χ2v) is 4.76. The summed E-state index contributed by atoms with van der Waals surface area (Å²) in [6.07, 6.45) is -0.433. The number of hydrogen-bond donors (Lipinski definition) is 1. The second-order valence-electron chi connectivity index (χ2n) is 4.76. The topological polar surface area (TPSA) is 41.9 Å². The van der Waals surface area contributed by atoms with Crippen molar-refractivity contribution in [2.75, 3.05) is 38.9 Å². The monoisotopic (exact) mass is 267 g/mol. The number of aliphatic hydroxyl groups excluding tert-OH is 1. The summed E-state index contributed by atoms with van der Waals surface area (Å²) < 4.78 is 10.4. The van der Waals surface area contributed by atoms with Gasteiger partial charge in [0.05, 0.1) is 19.3 Å². The highest BCUT2D eigenvalue weighted by Crippen LogP contribution is 2.21. The van der Waals surface area contributed by atoms with Crippen molar-refractivity contribution >= 4 is 5.69 Å². The third kappa shape index (κ3) is 4.82. The van der Waals surface area contributed by atoms with Crippen molar-refractivity contribution in [2.24, 2.45) is 0 Å². The van der Waals surface area contributed by atoms with E-state index in [-0.39, 0.29) is 6.04 Å². The molecule has 1 N–H and O–H groups in total. The third-order valence-electron chi connectivity index (χ3n) is 3.18. The second kappa shape index (κ2) is 8.15. The van der Waals surface area contributed by atoms with Crippen LogP contribution in [0.2, 0.25) is 0 Å². The number of benzene rings is 1. The van der Waals surface area contributed by atoms with Gasteiger partial charge in [0.2, 0.25) is 0 Å². The fourth-order valence-corrected chi connectivity index (χ4v) is 2.07. The first-order valence-corrected chi connectivity index (χ1v) is 6.62. The Bertz CT molecular complexity index is 351. The summed E-state index contributed by atoms with van der Waals surface area (Å²) in [5, 5.41) is 9.53. The van der Waals surface area contributed by atoms with Crippen molar-refractivity contribution in [1.29, 1.82) is 0 Å². The van der Waals surface area contributed by atoms with Crippen LogP contribution >= 0.6 is 0 Å². The van der Waals surface area contributed by atoms with Crippen molar-refractivity contribution in [3.63, 3.8) is 0 Å². The maximum Gasteiger partial charge on any atom is 0.0761 e. The summed E-state index contributed by atoms with van der Waals surface area (Å²) in [5.41, 5.74) is 2.04. The lowest BCUT2D eigenvalue weighted by Crippen LogP contribution is -2.38. The Balaban J connectivity index is 2.83. The molecule has 0 aliphatic carbocycles. The first-order chi connectivity index (χ1) is 9.10. The van der Waals surface area contributed by atoms with E-state index in [4.69, 9.17) is 9.47 Å². The van der Waals surface area contributed by atoms with Gasteiger partial charge in [-0.25, -0.2) is 0 Å². The lowest BCUT2D eigenvalue weighted by atomic mass is 10.1. The first-order valence-electron chi connectivity index (χ1n) is 6.62. The smallest absolute Gasteiger partial charge is 0.0761 e. The molecule has 108 valence electrons. The summed E-state index contributed by atoms with van der Waals surface area (Å²) in [5.74, 6) is 0. The minimum Gasteiger partial charge on any atom is -0.389 e. The molecule has 0 amide bonds. The number of nitrogens with zero attached hydrogens (tertiary/aromatic N) is 1. The molecule has 4 nitrogen and oxygen atoms in total. The van der Waals surface area contributed by atoms with Crippen LogP contribution in [0.3, 0.4) is 0 Å². The lowest BCUT2D eigenvalue weighted by molar-refractivity contribution is 0.171. The maximum absolute atomic E-state index is 9.53. The summed E-state index contributed by atoms with van der Waals surface area (Å²) in [6, 6.07) is 8.25. The van der Waals surface area contributed by atoms with E-state index in [1.165, 1.54) is 0 Å². The molecule has 0 heterocycles. The number of hydrogen-bond acceptors (Lipinski definition) is 4. The quantitative estimate of drug-likeness (QED) is 0.784. The molecule has 1 unspecified atom stereocenters. The molecule has 1 aromatic rings. The van der Waals surface area contributed by atoms with Gasteiger partial charge >= 0.3 is 0 Å². The molecule has 19 heavy (non-hydrogen) atoms. The zero-order chi connectivity index (χ0) is 14.3. The predicted molar refractivity (Wildman–Crippen MR) is 77.6 cm³/mol. The van der Waals surface area contributed by atoms with Crippen molar-refractivity contribution in [3.8, 4) is 0 Å². The van der Waals surface area contributed by atoms with Gasteiger partial charge in [-0.3, -0.25) is 0 Å². The Labute approximate surface area is 115 Å². The molecule has 0 fully saturated rings. The van der Waals surface area contributed by atoms with E-state index in [0.29, 0.717) is 13.2 Å². The van der Waals surface area contributed by atoms with Crippen LogP contribution in [0, 0.1) is 0 Å². The lowest BCUT2D eigenvalue weighted by Gasteiger charge is -2.31. The fourth-order valence-electron chi connectivity index (χ4n) is 2.07. The summed E-state index contributed by atoms with van der Waals surface area (Å²) in [7, 11) is 3.41. The third-order valence-corrected chi connectivity index (χ3v) is 3.18. The zero-order valence-electron chi connectivity index (χ0n) is 12.3. The van der Waals surface area contributed by atoms with Crippen molar-refractivity contribution in [2.45, 2.75) is 26.0 Å². The highest BCUT2D eigenvalue weighted by molar-refractivity contribution is 5.48. The van der Waals surface area contributed by atoms with E-state index >= 15 is 0 Å². The summed E-state index contributed by atoms with van der Waals surface area (Å²) in [4.78, 5) is 2.25. The minimum absolute atomic E-state index is 0.276. The van der Waals surface area contributed by atoms with Gasteiger partial charge in [0.15, 0.2) is 0 Å². The number of rotatable bonds is 8. The number of methoxy groups -OCH3 is 2. The van der Waals surface area contributed by atoms with Gasteiger partial charge in [-0.1, -0.05) is 12.1 Å². The molecule has 0 aliphatic rings. The van der Waals surface area contributed by atoms with Crippen LogP contribution in [0.5, 0.6) is 0 Å². The van der Waals surface area contributed by atoms with E-state index in [0.717, 1.165) is 17.8 Å². The van der Waals surface area contributed by atoms with Gasteiger partial charge in [-0.05, 0) is 31.5 Å². The van der Waals surface area contributed by atoms with Crippen LogP contribution in [0.1, 0.15) is 25.5 Å². The van der Waals surface area contributed by atoms with Gasteiger partial charge in [0.25, 0.3) is 0 Å². The van der Waals surface area contributed by atoms with Crippen molar-refractivity contribution in [1.82, 2.24) is 0 Å². The molecule has 1 rings (SSSR count). The number of aliphatic hydroxyl groups is 1. The summed E-state index contributed by atoms with van der Waals surface area (Å²) in [6.45, 7) is 6.05. The molecular formula is C15H25NO3. The highest BCUT2D eigenvalue weighted by Gasteiger charge is 2.14.